The highest BCUT2D eigenvalue weighted by Crippen LogP contribution is 2.28. The van der Waals surface area contributed by atoms with Crippen molar-refractivity contribution in [1.82, 2.24) is 0 Å². The van der Waals surface area contributed by atoms with Gasteiger partial charge in [-0.2, -0.15) is 0 Å². The van der Waals surface area contributed by atoms with Gasteiger partial charge in [0.1, 0.15) is 0 Å². The van der Waals surface area contributed by atoms with E-state index in [-0.39, 0.29) is 6.04 Å². The van der Waals surface area contributed by atoms with Gasteiger partial charge in [-0.15, -0.1) is 0 Å². The summed E-state index contributed by atoms with van der Waals surface area (Å²) in [6.45, 7) is 8.80. The maximum atomic E-state index is 6.45. The van der Waals surface area contributed by atoms with Crippen molar-refractivity contribution in [2.75, 3.05) is 0 Å². The highest BCUT2D eigenvalue weighted by molar-refractivity contribution is 5.30. The number of hydrogen-bond acceptors (Lipinski definition) is 1. The van der Waals surface area contributed by atoms with E-state index in [1.807, 2.05) is 0 Å². The van der Waals surface area contributed by atoms with E-state index in [1.54, 1.807) is 0 Å². The van der Waals surface area contributed by atoms with Gasteiger partial charge >= 0.3 is 0 Å². The molecule has 0 radical (unpaired) electrons. The second-order valence-corrected chi connectivity index (χ2v) is 5.28. The molecule has 1 unspecified atom stereocenters. The lowest BCUT2D eigenvalue weighted by Gasteiger charge is -2.24. The predicted molar refractivity (Wildman–Crippen MR) is 76.2 cm³/mol. The van der Waals surface area contributed by atoms with Crippen LogP contribution in [0.25, 0.3) is 0 Å². The van der Waals surface area contributed by atoms with Crippen LogP contribution in [0.2, 0.25) is 0 Å². The molecule has 1 atom stereocenters. The molecular formula is C16H27N. The smallest absolute Gasteiger partial charge is 0.0323 e. The monoisotopic (exact) mass is 233 g/mol. The van der Waals surface area contributed by atoms with Gasteiger partial charge in [-0.3, -0.25) is 0 Å². The Labute approximate surface area is 106 Å². The van der Waals surface area contributed by atoms with Gasteiger partial charge in [0.25, 0.3) is 0 Å². The second-order valence-electron chi connectivity index (χ2n) is 5.28. The minimum absolute atomic E-state index is 0.202. The Hall–Kier alpha value is -0.820. The zero-order chi connectivity index (χ0) is 12.8. The summed E-state index contributed by atoms with van der Waals surface area (Å²) in [4.78, 5) is 0. The lowest BCUT2D eigenvalue weighted by Crippen LogP contribution is -2.21. The Kier molecular flexibility index (Phi) is 5.70. The van der Waals surface area contributed by atoms with Gasteiger partial charge in [-0.1, -0.05) is 56.0 Å². The molecule has 0 spiro atoms. The Morgan fingerprint density at radius 2 is 1.41 bits per heavy atom. The van der Waals surface area contributed by atoms with Crippen molar-refractivity contribution >= 4 is 0 Å². The molecule has 96 valence electrons. The molecule has 0 saturated heterocycles. The van der Waals surface area contributed by atoms with Crippen LogP contribution in [-0.2, 0) is 0 Å². The van der Waals surface area contributed by atoms with Crippen molar-refractivity contribution in [1.29, 1.82) is 0 Å². The van der Waals surface area contributed by atoms with Crippen LogP contribution in [0.5, 0.6) is 0 Å². The van der Waals surface area contributed by atoms with Crippen molar-refractivity contribution in [3.63, 3.8) is 0 Å². The van der Waals surface area contributed by atoms with Crippen LogP contribution in [0.1, 0.15) is 62.3 Å². The van der Waals surface area contributed by atoms with E-state index in [2.05, 4.69) is 45.9 Å². The molecular weight excluding hydrogens is 206 g/mol. The Balaban J connectivity index is 2.87. The van der Waals surface area contributed by atoms with Crippen LogP contribution < -0.4 is 5.73 Å². The molecule has 1 aromatic carbocycles. The maximum absolute atomic E-state index is 6.45. The largest absolute Gasteiger partial charge is 0.324 e. The SMILES string of the molecule is CCCC(CCC)C(N)c1cc(C)cc(C)c1. The van der Waals surface area contributed by atoms with Crippen LogP contribution in [0.15, 0.2) is 18.2 Å². The van der Waals surface area contributed by atoms with Crippen molar-refractivity contribution in [2.45, 2.75) is 59.4 Å². The van der Waals surface area contributed by atoms with E-state index in [4.69, 9.17) is 5.73 Å². The van der Waals surface area contributed by atoms with Crippen LogP contribution in [0.4, 0.5) is 0 Å². The molecule has 0 aliphatic rings. The van der Waals surface area contributed by atoms with Gasteiger partial charge in [-0.05, 0) is 38.2 Å². The molecule has 1 aromatic rings. The summed E-state index contributed by atoms with van der Waals surface area (Å²) < 4.78 is 0. The molecule has 17 heavy (non-hydrogen) atoms. The first-order chi connectivity index (χ1) is 8.08. The third kappa shape index (κ3) is 4.16. The average Bonchev–Trinajstić information content (AvgIpc) is 2.26. The van der Waals surface area contributed by atoms with Crippen molar-refractivity contribution < 1.29 is 0 Å². The van der Waals surface area contributed by atoms with E-state index in [0.717, 1.165) is 0 Å². The lowest BCUT2D eigenvalue weighted by atomic mass is 9.86. The lowest BCUT2D eigenvalue weighted by molar-refractivity contribution is 0.368. The number of aryl methyl sites for hydroxylation is 2. The third-order valence-corrected chi connectivity index (χ3v) is 3.46. The fraction of sp³-hybridized carbons (Fsp3) is 0.625. The van der Waals surface area contributed by atoms with Crippen LogP contribution in [0.3, 0.4) is 0 Å². The predicted octanol–water partition coefficient (Wildman–Crippen LogP) is 4.52. The molecule has 0 saturated carbocycles. The fourth-order valence-corrected chi connectivity index (χ4v) is 2.72. The van der Waals surface area contributed by atoms with Gasteiger partial charge in [0.05, 0.1) is 0 Å². The standard InChI is InChI=1S/C16H27N/c1-5-7-14(8-6-2)16(17)15-10-12(3)9-13(4)11-15/h9-11,14,16H,5-8,17H2,1-4H3. The molecule has 0 aromatic heterocycles. The number of hydrogen-bond donors (Lipinski definition) is 1. The van der Waals surface area contributed by atoms with Crippen LogP contribution in [-0.4, -0.2) is 0 Å². The molecule has 0 bridgehead atoms. The molecule has 1 rings (SSSR count). The van der Waals surface area contributed by atoms with E-state index in [1.165, 1.54) is 42.4 Å². The fourth-order valence-electron chi connectivity index (χ4n) is 2.72. The molecule has 0 aliphatic heterocycles. The Morgan fingerprint density at radius 1 is 0.941 bits per heavy atom. The summed E-state index contributed by atoms with van der Waals surface area (Å²) in [5.74, 6) is 0.631. The minimum atomic E-state index is 0.202. The maximum Gasteiger partial charge on any atom is 0.0323 e. The van der Waals surface area contributed by atoms with E-state index in [9.17, 15) is 0 Å². The summed E-state index contributed by atoms with van der Waals surface area (Å²) in [6.07, 6.45) is 4.93. The van der Waals surface area contributed by atoms with Crippen molar-refractivity contribution in [3.8, 4) is 0 Å². The summed E-state index contributed by atoms with van der Waals surface area (Å²) in [5.41, 5.74) is 10.4. The molecule has 2 N–H and O–H groups in total. The highest BCUT2D eigenvalue weighted by atomic mass is 14.6. The van der Waals surface area contributed by atoms with Crippen LogP contribution >= 0.6 is 0 Å². The summed E-state index contributed by atoms with van der Waals surface area (Å²) >= 11 is 0. The van der Waals surface area contributed by atoms with Gasteiger partial charge in [0.2, 0.25) is 0 Å². The topological polar surface area (TPSA) is 26.0 Å². The zero-order valence-corrected chi connectivity index (χ0v) is 11.8. The highest BCUT2D eigenvalue weighted by Gasteiger charge is 2.18. The first kappa shape index (κ1) is 14.2. The van der Waals surface area contributed by atoms with Gasteiger partial charge in [0, 0.05) is 6.04 Å². The van der Waals surface area contributed by atoms with E-state index >= 15 is 0 Å². The van der Waals surface area contributed by atoms with Crippen molar-refractivity contribution in [3.05, 3.63) is 34.9 Å². The first-order valence-electron chi connectivity index (χ1n) is 6.92. The van der Waals surface area contributed by atoms with Crippen LogP contribution in [0, 0.1) is 19.8 Å². The normalized spacial score (nSPS) is 13.1. The summed E-state index contributed by atoms with van der Waals surface area (Å²) in [5, 5.41) is 0. The van der Waals surface area contributed by atoms with Crippen molar-refractivity contribution in [2.24, 2.45) is 11.7 Å². The summed E-state index contributed by atoms with van der Waals surface area (Å²) in [7, 11) is 0. The minimum Gasteiger partial charge on any atom is -0.324 e. The second kappa shape index (κ2) is 6.80. The summed E-state index contributed by atoms with van der Waals surface area (Å²) in [6, 6.07) is 6.91. The van der Waals surface area contributed by atoms with Gasteiger partial charge < -0.3 is 5.73 Å². The number of benzene rings is 1. The molecule has 0 heterocycles. The molecule has 0 aliphatic carbocycles. The van der Waals surface area contributed by atoms with Gasteiger partial charge in [-0.25, -0.2) is 0 Å². The molecule has 1 nitrogen and oxygen atoms in total. The Bertz CT molecular complexity index is 317. The molecule has 0 amide bonds. The molecule has 1 heteroatoms. The van der Waals surface area contributed by atoms with E-state index < -0.39 is 0 Å². The first-order valence-corrected chi connectivity index (χ1v) is 6.92. The average molecular weight is 233 g/mol. The number of nitrogens with two attached hydrogens (primary N) is 1. The Morgan fingerprint density at radius 3 is 1.82 bits per heavy atom. The third-order valence-electron chi connectivity index (χ3n) is 3.46. The zero-order valence-electron chi connectivity index (χ0n) is 11.8. The van der Waals surface area contributed by atoms with Gasteiger partial charge in [0.15, 0.2) is 0 Å². The quantitative estimate of drug-likeness (QED) is 0.768. The molecule has 0 fully saturated rings. The van der Waals surface area contributed by atoms with E-state index in [0.29, 0.717) is 5.92 Å². The number of rotatable bonds is 6.